The highest BCUT2D eigenvalue weighted by Gasteiger charge is 2.10. The van der Waals surface area contributed by atoms with Gasteiger partial charge in [0.1, 0.15) is 5.75 Å². The predicted octanol–water partition coefficient (Wildman–Crippen LogP) is 2.92. The number of benzene rings is 1. The van der Waals surface area contributed by atoms with E-state index in [-0.39, 0.29) is 18.9 Å². The summed E-state index contributed by atoms with van der Waals surface area (Å²) in [4.78, 5) is 23.1. The molecule has 24 heavy (non-hydrogen) atoms. The first kappa shape index (κ1) is 20.4. The van der Waals surface area contributed by atoms with Gasteiger partial charge in [-0.05, 0) is 52.9 Å². The molecule has 2 amide bonds. The van der Waals surface area contributed by atoms with Crippen molar-refractivity contribution in [3.63, 3.8) is 0 Å². The number of hydrazine groups is 1. The lowest BCUT2D eigenvalue weighted by atomic mass is 9.99. The van der Waals surface area contributed by atoms with Crippen LogP contribution in [0, 0.1) is 0 Å². The summed E-state index contributed by atoms with van der Waals surface area (Å²) in [6.07, 6.45) is 1.25. The van der Waals surface area contributed by atoms with Crippen molar-refractivity contribution in [2.24, 2.45) is 0 Å². The Kier molecular flexibility index (Phi) is 9.41. The number of rotatable bonds is 9. The van der Waals surface area contributed by atoms with E-state index in [1.807, 2.05) is 25.1 Å². The largest absolute Gasteiger partial charge is 0.483 e. The van der Waals surface area contributed by atoms with E-state index in [1.54, 1.807) is 0 Å². The Morgan fingerprint density at radius 1 is 1.21 bits per heavy atom. The molecule has 0 fully saturated rings. The monoisotopic (exact) mass is 400 g/mol. The van der Waals surface area contributed by atoms with Crippen molar-refractivity contribution in [1.29, 1.82) is 0 Å². The van der Waals surface area contributed by atoms with Gasteiger partial charge in [-0.1, -0.05) is 19.9 Å². The number of hydrogen-bond donors (Lipinski definition) is 2. The van der Waals surface area contributed by atoms with Crippen molar-refractivity contribution in [3.8, 4) is 5.75 Å². The second-order valence-electron chi connectivity index (χ2n) is 5.33. The molecule has 0 saturated heterocycles. The van der Waals surface area contributed by atoms with Gasteiger partial charge in [0.25, 0.3) is 5.91 Å². The number of halogens is 1. The first-order valence-electron chi connectivity index (χ1n) is 8.05. The lowest BCUT2D eigenvalue weighted by Crippen LogP contribution is -2.44. The Morgan fingerprint density at radius 2 is 1.92 bits per heavy atom. The normalized spacial score (nSPS) is 11.7. The van der Waals surface area contributed by atoms with E-state index in [1.165, 1.54) is 5.56 Å². The fourth-order valence-corrected chi connectivity index (χ4v) is 2.38. The van der Waals surface area contributed by atoms with Gasteiger partial charge in [0, 0.05) is 6.61 Å². The van der Waals surface area contributed by atoms with Crippen LogP contribution in [-0.2, 0) is 14.3 Å². The highest BCUT2D eigenvalue weighted by molar-refractivity contribution is 9.10. The molecule has 0 aliphatic rings. The zero-order valence-electron chi connectivity index (χ0n) is 14.4. The number of nitrogens with one attached hydrogen (secondary N) is 2. The van der Waals surface area contributed by atoms with E-state index in [0.29, 0.717) is 24.9 Å². The Morgan fingerprint density at radius 3 is 2.54 bits per heavy atom. The molecule has 7 heteroatoms. The summed E-state index contributed by atoms with van der Waals surface area (Å²) in [5.41, 5.74) is 5.83. The molecule has 1 aromatic carbocycles. The average molecular weight is 401 g/mol. The van der Waals surface area contributed by atoms with Gasteiger partial charge in [-0.2, -0.15) is 0 Å². The number of hydrogen-bond acceptors (Lipinski definition) is 4. The minimum Gasteiger partial charge on any atom is -0.483 e. The van der Waals surface area contributed by atoms with Gasteiger partial charge in [-0.3, -0.25) is 20.4 Å². The number of ether oxygens (including phenoxy) is 2. The van der Waals surface area contributed by atoms with Crippen LogP contribution in [0.3, 0.4) is 0 Å². The van der Waals surface area contributed by atoms with Gasteiger partial charge < -0.3 is 9.47 Å². The van der Waals surface area contributed by atoms with E-state index in [4.69, 9.17) is 9.47 Å². The maximum atomic E-state index is 11.7. The first-order chi connectivity index (χ1) is 11.5. The molecule has 1 atom stereocenters. The molecule has 0 heterocycles. The van der Waals surface area contributed by atoms with Crippen molar-refractivity contribution >= 4 is 27.7 Å². The number of carbonyl (C=O) groups excluding carboxylic acids is 2. The Labute approximate surface area is 151 Å². The topological polar surface area (TPSA) is 76.7 Å². The van der Waals surface area contributed by atoms with Crippen molar-refractivity contribution in [3.05, 3.63) is 28.2 Å². The highest BCUT2D eigenvalue weighted by atomic mass is 79.9. The minimum atomic E-state index is -0.433. The van der Waals surface area contributed by atoms with Crippen molar-refractivity contribution in [2.45, 2.75) is 39.5 Å². The van der Waals surface area contributed by atoms with Crippen LogP contribution in [0.4, 0.5) is 0 Å². The third-order valence-corrected chi connectivity index (χ3v) is 4.13. The molecule has 134 valence electrons. The molecule has 0 radical (unpaired) electrons. The molecule has 0 spiro atoms. The zero-order valence-corrected chi connectivity index (χ0v) is 15.9. The number of carbonyl (C=O) groups is 2. The van der Waals surface area contributed by atoms with Crippen LogP contribution in [0.25, 0.3) is 0 Å². The third-order valence-electron chi connectivity index (χ3n) is 3.52. The predicted molar refractivity (Wildman–Crippen MR) is 95.7 cm³/mol. The van der Waals surface area contributed by atoms with Crippen LogP contribution in [0.5, 0.6) is 5.75 Å². The van der Waals surface area contributed by atoms with Gasteiger partial charge in [-0.25, -0.2) is 0 Å². The summed E-state index contributed by atoms with van der Waals surface area (Å²) >= 11 is 3.45. The van der Waals surface area contributed by atoms with Crippen molar-refractivity contribution in [1.82, 2.24) is 10.9 Å². The average Bonchev–Trinajstić information content (AvgIpc) is 2.58. The summed E-state index contributed by atoms with van der Waals surface area (Å²) in [6, 6.07) is 5.82. The molecule has 0 aliphatic carbocycles. The van der Waals surface area contributed by atoms with Crippen LogP contribution in [0.1, 0.15) is 45.1 Å². The summed E-state index contributed by atoms with van der Waals surface area (Å²) in [5, 5.41) is 0. The van der Waals surface area contributed by atoms with E-state index in [9.17, 15) is 9.59 Å². The first-order valence-corrected chi connectivity index (χ1v) is 8.84. The quantitative estimate of drug-likeness (QED) is 0.493. The van der Waals surface area contributed by atoms with E-state index >= 15 is 0 Å². The van der Waals surface area contributed by atoms with Crippen molar-refractivity contribution < 1.29 is 19.1 Å². The smallest absolute Gasteiger partial charge is 0.276 e. The molecular weight excluding hydrogens is 376 g/mol. The molecule has 0 saturated carbocycles. The summed E-state index contributed by atoms with van der Waals surface area (Å²) in [5.74, 6) is 0.305. The molecule has 0 bridgehead atoms. The van der Waals surface area contributed by atoms with Gasteiger partial charge in [0.2, 0.25) is 5.91 Å². The fraction of sp³-hybridized carbons (Fsp3) is 0.529. The second-order valence-corrected chi connectivity index (χ2v) is 6.19. The molecule has 1 aromatic rings. The van der Waals surface area contributed by atoms with E-state index in [2.05, 4.69) is 40.6 Å². The lowest BCUT2D eigenvalue weighted by molar-refractivity contribution is -0.130. The van der Waals surface area contributed by atoms with Gasteiger partial charge in [0.05, 0.1) is 17.5 Å². The Hall–Kier alpha value is -1.60. The standard InChI is InChI=1S/C17H25BrN2O4/c1-4-12(3)13-6-7-15(14(18)10-13)24-11-17(22)20-19-16(21)8-9-23-5-2/h6-7,10,12H,4-5,8-9,11H2,1-3H3,(H,19,21)(H,20,22). The Balaban J connectivity index is 2.38. The molecule has 2 N–H and O–H groups in total. The maximum absolute atomic E-state index is 11.7. The molecule has 1 unspecified atom stereocenters. The molecular formula is C17H25BrN2O4. The fourth-order valence-electron chi connectivity index (χ4n) is 1.87. The second kappa shape index (κ2) is 11.0. The third kappa shape index (κ3) is 7.31. The Bertz CT molecular complexity index is 551. The number of amides is 2. The van der Waals surface area contributed by atoms with Gasteiger partial charge in [-0.15, -0.1) is 0 Å². The molecule has 0 aliphatic heterocycles. The van der Waals surface area contributed by atoms with Gasteiger partial charge >= 0.3 is 0 Å². The summed E-state index contributed by atoms with van der Waals surface area (Å²) in [7, 11) is 0. The highest BCUT2D eigenvalue weighted by Crippen LogP contribution is 2.29. The molecule has 6 nitrogen and oxygen atoms in total. The van der Waals surface area contributed by atoms with Crippen LogP contribution in [-0.4, -0.2) is 31.6 Å². The van der Waals surface area contributed by atoms with Gasteiger partial charge in [0.15, 0.2) is 6.61 Å². The zero-order chi connectivity index (χ0) is 17.9. The van der Waals surface area contributed by atoms with Crippen LogP contribution in [0.2, 0.25) is 0 Å². The maximum Gasteiger partial charge on any atom is 0.276 e. The van der Waals surface area contributed by atoms with Crippen molar-refractivity contribution in [2.75, 3.05) is 19.8 Å². The summed E-state index contributed by atoms with van der Waals surface area (Å²) < 4.78 is 11.3. The SMILES string of the molecule is CCOCCC(=O)NNC(=O)COc1ccc(C(C)CC)cc1Br. The van der Waals surface area contributed by atoms with E-state index < -0.39 is 5.91 Å². The van der Waals surface area contributed by atoms with Crippen LogP contribution >= 0.6 is 15.9 Å². The molecule has 1 rings (SSSR count). The van der Waals surface area contributed by atoms with Crippen LogP contribution in [0.15, 0.2) is 22.7 Å². The minimum absolute atomic E-state index is 0.187. The van der Waals surface area contributed by atoms with Crippen LogP contribution < -0.4 is 15.6 Å². The lowest BCUT2D eigenvalue weighted by Gasteiger charge is -2.13. The van der Waals surface area contributed by atoms with E-state index in [0.717, 1.165) is 10.9 Å². The molecule has 0 aromatic heterocycles. The summed E-state index contributed by atoms with van der Waals surface area (Å²) in [6.45, 7) is 6.83.